The van der Waals surface area contributed by atoms with Crippen molar-refractivity contribution in [1.29, 1.82) is 0 Å². The Hall–Kier alpha value is -3.86. The summed E-state index contributed by atoms with van der Waals surface area (Å²) in [5.41, 5.74) is 5.37. The first-order valence-corrected chi connectivity index (χ1v) is 11.8. The minimum Gasteiger partial charge on any atom is -0.334 e. The minimum atomic E-state index is -0.190. The Morgan fingerprint density at radius 3 is 2.29 bits per heavy atom. The molecule has 5 heteroatoms. The van der Waals surface area contributed by atoms with E-state index in [0.29, 0.717) is 12.5 Å². The molecule has 1 fully saturated rings. The molecule has 172 valence electrons. The number of anilines is 1. The number of nitrogens with one attached hydrogen (secondary N) is 2. The fourth-order valence-electron chi connectivity index (χ4n) is 4.93. The summed E-state index contributed by atoms with van der Waals surface area (Å²) in [4.78, 5) is 17.3. The first-order chi connectivity index (χ1) is 16.6. The van der Waals surface area contributed by atoms with Crippen molar-refractivity contribution in [2.24, 2.45) is 0 Å². The summed E-state index contributed by atoms with van der Waals surface area (Å²) in [5.74, 6) is 0.297. The number of urea groups is 1. The Balaban J connectivity index is 1.36. The predicted molar refractivity (Wildman–Crippen MR) is 136 cm³/mol. The van der Waals surface area contributed by atoms with E-state index in [1.54, 1.807) is 12.5 Å². The second-order valence-electron chi connectivity index (χ2n) is 9.37. The third-order valence-corrected chi connectivity index (χ3v) is 6.76. The lowest BCUT2D eigenvalue weighted by atomic mass is 9.87. The van der Waals surface area contributed by atoms with E-state index in [9.17, 15) is 4.79 Å². The Morgan fingerprint density at radius 2 is 1.71 bits per heavy atom. The van der Waals surface area contributed by atoms with Crippen molar-refractivity contribution in [3.8, 4) is 0 Å². The first kappa shape index (κ1) is 22.0. The maximum Gasteiger partial charge on any atom is 0.319 e. The predicted octanol–water partition coefficient (Wildman–Crippen LogP) is 5.93. The van der Waals surface area contributed by atoms with Crippen molar-refractivity contribution in [2.75, 3.05) is 5.32 Å². The average molecular weight is 451 g/mol. The monoisotopic (exact) mass is 450 g/mol. The van der Waals surface area contributed by atoms with E-state index in [1.807, 2.05) is 22.9 Å². The molecule has 0 spiro atoms. The molecular formula is C29H30N4O. The Labute approximate surface area is 200 Å². The van der Waals surface area contributed by atoms with Crippen LogP contribution >= 0.6 is 0 Å². The molecular weight excluding hydrogens is 420 g/mol. The molecule has 5 rings (SSSR count). The van der Waals surface area contributed by atoms with Gasteiger partial charge in [-0.1, -0.05) is 86.6 Å². The van der Waals surface area contributed by atoms with Crippen molar-refractivity contribution >= 4 is 11.7 Å². The zero-order chi connectivity index (χ0) is 23.5. The molecule has 1 aliphatic carbocycles. The highest BCUT2D eigenvalue weighted by Crippen LogP contribution is 2.53. The third-order valence-electron chi connectivity index (χ3n) is 6.76. The molecule has 1 atom stereocenters. The van der Waals surface area contributed by atoms with Gasteiger partial charge in [0, 0.05) is 36.1 Å². The van der Waals surface area contributed by atoms with E-state index in [1.165, 1.54) is 11.1 Å². The van der Waals surface area contributed by atoms with Crippen LogP contribution in [0.15, 0.2) is 97.6 Å². The maximum atomic E-state index is 13.2. The number of nitrogens with zero attached hydrogens (tertiary/aromatic N) is 2. The van der Waals surface area contributed by atoms with Crippen LogP contribution in [0.25, 0.3) is 0 Å². The van der Waals surface area contributed by atoms with Crippen LogP contribution in [0.5, 0.6) is 0 Å². The molecule has 1 aromatic heterocycles. The highest BCUT2D eigenvalue weighted by atomic mass is 16.2. The molecule has 1 aliphatic rings. The van der Waals surface area contributed by atoms with Gasteiger partial charge >= 0.3 is 6.03 Å². The lowest BCUT2D eigenvalue weighted by Crippen LogP contribution is -2.35. The molecule has 0 aliphatic heterocycles. The topological polar surface area (TPSA) is 59.0 Å². The standard InChI is InChI=1S/C29H30N4O/c1-21(2)25-14-13-22(19-33-16-15-30-20-33)17-26(25)31-28(34)32-27-18-29(27,23-9-5-3-6-10-23)24-11-7-4-8-12-24/h3-17,20-21,27H,18-19H2,1-2H3,(H2,31,32,34). The van der Waals surface area contributed by atoms with Crippen LogP contribution in [0.3, 0.4) is 0 Å². The van der Waals surface area contributed by atoms with Crippen molar-refractivity contribution < 1.29 is 4.79 Å². The fraction of sp³-hybridized carbons (Fsp3) is 0.241. The molecule has 1 saturated carbocycles. The molecule has 1 unspecified atom stereocenters. The number of imidazole rings is 1. The molecule has 4 aromatic rings. The molecule has 0 saturated heterocycles. The third kappa shape index (κ3) is 4.34. The fourth-order valence-corrected chi connectivity index (χ4v) is 4.93. The molecule has 2 amide bonds. The summed E-state index contributed by atoms with van der Waals surface area (Å²) in [6, 6.07) is 27.1. The quantitative estimate of drug-likeness (QED) is 0.366. The van der Waals surface area contributed by atoms with E-state index in [-0.39, 0.29) is 17.5 Å². The van der Waals surface area contributed by atoms with Crippen LogP contribution in [0.1, 0.15) is 48.4 Å². The maximum absolute atomic E-state index is 13.2. The molecule has 34 heavy (non-hydrogen) atoms. The summed E-state index contributed by atoms with van der Waals surface area (Å²) in [6.07, 6.45) is 6.40. The van der Waals surface area contributed by atoms with Gasteiger partial charge in [0.15, 0.2) is 0 Å². The first-order valence-electron chi connectivity index (χ1n) is 11.8. The summed E-state index contributed by atoms with van der Waals surface area (Å²) in [6.45, 7) is 5.00. The zero-order valence-electron chi connectivity index (χ0n) is 19.6. The number of benzene rings is 3. The van der Waals surface area contributed by atoms with Gasteiger partial charge in [-0.05, 0) is 40.7 Å². The van der Waals surface area contributed by atoms with Crippen LogP contribution in [0.2, 0.25) is 0 Å². The number of aromatic nitrogens is 2. The van der Waals surface area contributed by atoms with E-state index in [4.69, 9.17) is 0 Å². The lowest BCUT2D eigenvalue weighted by molar-refractivity contribution is 0.251. The molecule has 0 bridgehead atoms. The van der Waals surface area contributed by atoms with Gasteiger partial charge in [-0.25, -0.2) is 9.78 Å². The van der Waals surface area contributed by atoms with Crippen molar-refractivity contribution in [2.45, 2.75) is 44.2 Å². The number of amides is 2. The molecule has 5 nitrogen and oxygen atoms in total. The van der Waals surface area contributed by atoms with Crippen LogP contribution in [0, 0.1) is 0 Å². The van der Waals surface area contributed by atoms with Gasteiger partial charge in [0.05, 0.1) is 6.33 Å². The van der Waals surface area contributed by atoms with Gasteiger partial charge in [0.1, 0.15) is 0 Å². The van der Waals surface area contributed by atoms with Crippen LogP contribution < -0.4 is 10.6 Å². The van der Waals surface area contributed by atoms with Crippen molar-refractivity contribution in [3.63, 3.8) is 0 Å². The second-order valence-corrected chi connectivity index (χ2v) is 9.37. The normalized spacial score (nSPS) is 16.3. The van der Waals surface area contributed by atoms with Gasteiger partial charge in [0.25, 0.3) is 0 Å². The number of rotatable bonds is 7. The lowest BCUT2D eigenvalue weighted by Gasteiger charge is -2.20. The van der Waals surface area contributed by atoms with Crippen LogP contribution in [0.4, 0.5) is 10.5 Å². The van der Waals surface area contributed by atoms with Crippen LogP contribution in [-0.2, 0) is 12.0 Å². The summed E-state index contributed by atoms with van der Waals surface area (Å²) >= 11 is 0. The molecule has 1 heterocycles. The van der Waals surface area contributed by atoms with E-state index >= 15 is 0 Å². The minimum absolute atomic E-state index is 0.0360. The van der Waals surface area contributed by atoms with Gasteiger partial charge in [-0.15, -0.1) is 0 Å². The van der Waals surface area contributed by atoms with Gasteiger partial charge < -0.3 is 15.2 Å². The highest BCUT2D eigenvalue weighted by molar-refractivity contribution is 5.91. The summed E-state index contributed by atoms with van der Waals surface area (Å²) < 4.78 is 2.02. The Morgan fingerprint density at radius 1 is 1.03 bits per heavy atom. The van der Waals surface area contributed by atoms with Gasteiger partial charge in [-0.3, -0.25) is 0 Å². The Bertz CT molecular complexity index is 1210. The smallest absolute Gasteiger partial charge is 0.319 e. The SMILES string of the molecule is CC(C)c1ccc(Cn2ccnc2)cc1NC(=O)NC1CC1(c1ccccc1)c1ccccc1. The number of hydrogen-bond donors (Lipinski definition) is 2. The summed E-state index contributed by atoms with van der Waals surface area (Å²) in [5, 5.41) is 6.41. The van der Waals surface area contributed by atoms with Crippen LogP contribution in [-0.4, -0.2) is 21.6 Å². The second kappa shape index (κ2) is 9.18. The van der Waals surface area contributed by atoms with E-state index in [0.717, 1.165) is 23.2 Å². The van der Waals surface area contributed by atoms with E-state index in [2.05, 4.69) is 96.2 Å². The number of carbonyl (C=O) groups excluding carboxylic acids is 1. The number of hydrogen-bond acceptors (Lipinski definition) is 2. The van der Waals surface area contributed by atoms with Crippen molar-refractivity contribution in [1.82, 2.24) is 14.9 Å². The summed E-state index contributed by atoms with van der Waals surface area (Å²) in [7, 11) is 0. The average Bonchev–Trinajstić information content (AvgIpc) is 3.32. The zero-order valence-corrected chi connectivity index (χ0v) is 19.6. The molecule has 3 aromatic carbocycles. The Kier molecular flexibility index (Phi) is 5.93. The molecule has 0 radical (unpaired) electrons. The van der Waals surface area contributed by atoms with E-state index < -0.39 is 0 Å². The largest absolute Gasteiger partial charge is 0.334 e. The molecule has 2 N–H and O–H groups in total. The van der Waals surface area contributed by atoms with Gasteiger partial charge in [-0.2, -0.15) is 0 Å². The van der Waals surface area contributed by atoms with Gasteiger partial charge in [0.2, 0.25) is 0 Å². The highest BCUT2D eigenvalue weighted by Gasteiger charge is 2.57. The number of carbonyl (C=O) groups is 1. The van der Waals surface area contributed by atoms with Crippen molar-refractivity contribution in [3.05, 3.63) is 120 Å².